The van der Waals surface area contributed by atoms with E-state index in [4.69, 9.17) is 11.6 Å². The van der Waals surface area contributed by atoms with Gasteiger partial charge in [0.05, 0.1) is 6.04 Å². The Balaban J connectivity index is 2.59. The highest BCUT2D eigenvalue weighted by atomic mass is 35.5. The van der Waals surface area contributed by atoms with Gasteiger partial charge in [0.25, 0.3) is 11.5 Å². The number of hydrogen-bond acceptors (Lipinski definition) is 1. The van der Waals surface area contributed by atoms with Gasteiger partial charge in [-0.05, 0) is 12.5 Å². The second-order valence-corrected chi connectivity index (χ2v) is 3.32. The Morgan fingerprint density at radius 1 is 1.43 bits per heavy atom. The minimum absolute atomic E-state index is 0.235. The van der Waals surface area contributed by atoms with Crippen LogP contribution in [0.4, 0.5) is 4.39 Å². The van der Waals surface area contributed by atoms with Crippen molar-refractivity contribution in [3.63, 3.8) is 0 Å². The number of amides is 1. The molecular weight excluding hydrogens is 205 g/mol. The van der Waals surface area contributed by atoms with Crippen LogP contribution in [0.1, 0.15) is 18.5 Å². The number of alkyl halides is 2. The minimum Gasteiger partial charge on any atom is -0.346 e. The molecule has 0 aliphatic rings. The number of carbonyl (C=O) groups excluding carboxylic acids is 1. The molecule has 4 heteroatoms. The van der Waals surface area contributed by atoms with Gasteiger partial charge < -0.3 is 5.32 Å². The molecule has 0 aliphatic carbocycles. The smallest absolute Gasteiger partial charge is 0.270 e. The maximum Gasteiger partial charge on any atom is 0.270 e. The molecule has 0 fully saturated rings. The molecule has 2 atom stereocenters. The van der Waals surface area contributed by atoms with E-state index < -0.39 is 11.5 Å². The Bertz CT molecular complexity index is 302. The first kappa shape index (κ1) is 11.0. The first-order chi connectivity index (χ1) is 6.61. The first-order valence-electron chi connectivity index (χ1n) is 4.24. The van der Waals surface area contributed by atoms with Gasteiger partial charge in [0.15, 0.2) is 0 Å². The van der Waals surface area contributed by atoms with Gasteiger partial charge in [0.1, 0.15) is 0 Å². The van der Waals surface area contributed by atoms with Gasteiger partial charge in [-0.25, -0.2) is 4.39 Å². The molecular formula is C10H11ClFNO. The van der Waals surface area contributed by atoms with Crippen molar-refractivity contribution in [2.24, 2.45) is 0 Å². The zero-order valence-electron chi connectivity index (χ0n) is 7.71. The van der Waals surface area contributed by atoms with Crippen LogP contribution in [0.3, 0.4) is 0 Å². The van der Waals surface area contributed by atoms with Crippen LogP contribution in [0, 0.1) is 0 Å². The second kappa shape index (κ2) is 4.96. The molecule has 1 amide bonds. The molecule has 1 rings (SSSR count). The van der Waals surface area contributed by atoms with Gasteiger partial charge >= 0.3 is 0 Å². The lowest BCUT2D eigenvalue weighted by Crippen LogP contribution is -2.31. The van der Waals surface area contributed by atoms with Crippen LogP contribution < -0.4 is 5.32 Å². The standard InChI is InChI=1S/C10H11ClFNO/c1-7(13-10(14)9(11)12)8-5-3-2-4-6-8/h2-7,9H,1H3,(H,13,14)/t7-,9-/m0/s1. The van der Waals surface area contributed by atoms with E-state index >= 15 is 0 Å². The topological polar surface area (TPSA) is 29.1 Å². The molecule has 0 aromatic heterocycles. The second-order valence-electron chi connectivity index (χ2n) is 2.94. The largest absolute Gasteiger partial charge is 0.346 e. The van der Waals surface area contributed by atoms with Crippen LogP contribution in [0.5, 0.6) is 0 Å². The lowest BCUT2D eigenvalue weighted by atomic mass is 10.1. The van der Waals surface area contributed by atoms with Gasteiger partial charge in [0.2, 0.25) is 0 Å². The van der Waals surface area contributed by atoms with E-state index in [0.717, 1.165) is 5.56 Å². The van der Waals surface area contributed by atoms with E-state index in [0.29, 0.717) is 0 Å². The Hall–Kier alpha value is -1.09. The molecule has 1 aromatic rings. The molecule has 2 nitrogen and oxygen atoms in total. The fourth-order valence-electron chi connectivity index (χ4n) is 1.10. The third-order valence-electron chi connectivity index (χ3n) is 1.86. The summed E-state index contributed by atoms with van der Waals surface area (Å²) in [5.74, 6) is -0.803. The molecule has 0 saturated heterocycles. The van der Waals surface area contributed by atoms with Crippen LogP contribution in [-0.2, 0) is 4.79 Å². The van der Waals surface area contributed by atoms with Gasteiger partial charge in [-0.3, -0.25) is 4.79 Å². The number of benzene rings is 1. The van der Waals surface area contributed by atoms with Crippen molar-refractivity contribution >= 4 is 17.5 Å². The van der Waals surface area contributed by atoms with Crippen LogP contribution in [0.15, 0.2) is 30.3 Å². The quantitative estimate of drug-likeness (QED) is 0.771. The Morgan fingerprint density at radius 3 is 2.50 bits per heavy atom. The molecule has 0 unspecified atom stereocenters. The highest BCUT2D eigenvalue weighted by Gasteiger charge is 2.16. The Morgan fingerprint density at radius 2 is 2.00 bits per heavy atom. The molecule has 0 bridgehead atoms. The normalized spacial score (nSPS) is 14.5. The monoisotopic (exact) mass is 215 g/mol. The van der Waals surface area contributed by atoms with Crippen molar-refractivity contribution in [1.82, 2.24) is 5.32 Å². The summed E-state index contributed by atoms with van der Waals surface area (Å²) in [6.07, 6.45) is 0. The van der Waals surface area contributed by atoms with E-state index in [1.54, 1.807) is 6.92 Å². The zero-order valence-corrected chi connectivity index (χ0v) is 8.46. The lowest BCUT2D eigenvalue weighted by molar-refractivity contribution is -0.124. The van der Waals surface area contributed by atoms with E-state index in [1.807, 2.05) is 30.3 Å². The van der Waals surface area contributed by atoms with Crippen molar-refractivity contribution in [3.8, 4) is 0 Å². The van der Waals surface area contributed by atoms with Gasteiger partial charge in [0, 0.05) is 0 Å². The molecule has 0 aliphatic heterocycles. The number of rotatable bonds is 3. The molecule has 0 spiro atoms. The minimum atomic E-state index is -1.99. The number of nitrogens with one attached hydrogen (secondary N) is 1. The summed E-state index contributed by atoms with van der Waals surface area (Å²) >= 11 is 4.98. The molecule has 1 N–H and O–H groups in total. The zero-order chi connectivity index (χ0) is 10.6. The van der Waals surface area contributed by atoms with Gasteiger partial charge in [-0.1, -0.05) is 41.9 Å². The van der Waals surface area contributed by atoms with E-state index in [1.165, 1.54) is 0 Å². The summed E-state index contributed by atoms with van der Waals surface area (Å²) in [7, 11) is 0. The highest BCUT2D eigenvalue weighted by molar-refractivity contribution is 6.29. The van der Waals surface area contributed by atoms with Crippen LogP contribution in [0.25, 0.3) is 0 Å². The van der Waals surface area contributed by atoms with Crippen molar-refractivity contribution < 1.29 is 9.18 Å². The predicted molar refractivity (Wildman–Crippen MR) is 53.7 cm³/mol. The molecule has 76 valence electrons. The molecule has 1 aromatic carbocycles. The Labute approximate surface area is 87.1 Å². The SMILES string of the molecule is C[C@H](NC(=O)[C@H](F)Cl)c1ccccc1. The van der Waals surface area contributed by atoms with E-state index in [2.05, 4.69) is 5.32 Å². The number of halogens is 2. The van der Waals surface area contributed by atoms with Gasteiger partial charge in [-0.2, -0.15) is 0 Å². The van der Waals surface area contributed by atoms with Crippen LogP contribution >= 0.6 is 11.6 Å². The fourth-order valence-corrected chi connectivity index (χ4v) is 1.16. The van der Waals surface area contributed by atoms with E-state index in [9.17, 15) is 9.18 Å². The van der Waals surface area contributed by atoms with Crippen LogP contribution in [-0.4, -0.2) is 11.5 Å². The molecule has 0 heterocycles. The predicted octanol–water partition coefficient (Wildman–Crippen LogP) is 2.40. The summed E-state index contributed by atoms with van der Waals surface area (Å²) in [4.78, 5) is 10.9. The average molecular weight is 216 g/mol. The van der Waals surface area contributed by atoms with Crippen LogP contribution in [0.2, 0.25) is 0 Å². The fraction of sp³-hybridized carbons (Fsp3) is 0.300. The Kier molecular flexibility index (Phi) is 3.89. The average Bonchev–Trinajstić information content (AvgIpc) is 2.19. The third-order valence-corrected chi connectivity index (χ3v) is 2.05. The summed E-state index contributed by atoms with van der Waals surface area (Å²) in [5, 5.41) is 2.45. The lowest BCUT2D eigenvalue weighted by Gasteiger charge is -2.13. The summed E-state index contributed by atoms with van der Waals surface area (Å²) in [6, 6.07) is 9.05. The van der Waals surface area contributed by atoms with E-state index in [-0.39, 0.29) is 6.04 Å². The van der Waals surface area contributed by atoms with Crippen molar-refractivity contribution in [3.05, 3.63) is 35.9 Å². The number of carbonyl (C=O) groups is 1. The van der Waals surface area contributed by atoms with Gasteiger partial charge in [-0.15, -0.1) is 0 Å². The summed E-state index contributed by atoms with van der Waals surface area (Å²) in [6.45, 7) is 1.77. The third kappa shape index (κ3) is 3.00. The molecule has 0 radical (unpaired) electrons. The van der Waals surface area contributed by atoms with Crippen molar-refractivity contribution in [2.45, 2.75) is 18.6 Å². The van der Waals surface area contributed by atoms with Crippen molar-refractivity contribution in [2.75, 3.05) is 0 Å². The summed E-state index contributed by atoms with van der Waals surface area (Å²) < 4.78 is 12.3. The molecule has 0 saturated carbocycles. The summed E-state index contributed by atoms with van der Waals surface area (Å²) in [5.41, 5.74) is -1.07. The highest BCUT2D eigenvalue weighted by Crippen LogP contribution is 2.11. The first-order valence-corrected chi connectivity index (χ1v) is 4.68. The number of hydrogen-bond donors (Lipinski definition) is 1. The molecule has 14 heavy (non-hydrogen) atoms. The van der Waals surface area contributed by atoms with Crippen molar-refractivity contribution in [1.29, 1.82) is 0 Å². The maximum absolute atomic E-state index is 12.3. The maximum atomic E-state index is 12.3.